The third-order valence-corrected chi connectivity index (χ3v) is 2.66. The van der Waals surface area contributed by atoms with Crippen LogP contribution in [0.2, 0.25) is 5.02 Å². The number of nitrogens with one attached hydrogen (secondary N) is 1. The predicted octanol–water partition coefficient (Wildman–Crippen LogP) is 2.30. The number of carbonyl (C=O) groups is 1. The quantitative estimate of drug-likeness (QED) is 0.808. The van der Waals surface area contributed by atoms with Crippen molar-refractivity contribution >= 4 is 23.2 Å². The van der Waals surface area contributed by atoms with Crippen LogP contribution in [-0.4, -0.2) is 33.5 Å². The van der Waals surface area contributed by atoms with Gasteiger partial charge in [-0.3, -0.25) is 4.79 Å². The van der Waals surface area contributed by atoms with E-state index in [4.69, 9.17) is 25.8 Å². The first-order chi connectivity index (χ1) is 8.60. The number of hydrogen-bond donors (Lipinski definition) is 1. The zero-order chi connectivity index (χ0) is 13.5. The van der Waals surface area contributed by atoms with Gasteiger partial charge in [0, 0.05) is 20.3 Å². The molecule has 1 aromatic carbocycles. The Morgan fingerprint density at radius 3 is 2.56 bits per heavy atom. The number of anilines is 1. The number of ether oxygens (including phenoxy) is 3. The van der Waals surface area contributed by atoms with Gasteiger partial charge in [0.2, 0.25) is 5.91 Å². The fraction of sp³-hybridized carbons (Fsp3) is 0.417. The van der Waals surface area contributed by atoms with Crippen molar-refractivity contribution in [3.8, 4) is 5.75 Å². The summed E-state index contributed by atoms with van der Waals surface area (Å²) in [5.74, 6) is 0.364. The monoisotopic (exact) mass is 273 g/mol. The molecule has 0 saturated carbocycles. The van der Waals surface area contributed by atoms with Gasteiger partial charge in [0.25, 0.3) is 0 Å². The first kappa shape index (κ1) is 14.8. The van der Waals surface area contributed by atoms with E-state index < -0.39 is 6.29 Å². The zero-order valence-corrected chi connectivity index (χ0v) is 11.3. The molecular weight excluding hydrogens is 258 g/mol. The molecule has 0 aliphatic rings. The molecule has 0 heterocycles. The van der Waals surface area contributed by atoms with Crippen LogP contribution in [0.1, 0.15) is 6.42 Å². The number of hydrogen-bond acceptors (Lipinski definition) is 4. The fourth-order valence-electron chi connectivity index (χ4n) is 1.34. The van der Waals surface area contributed by atoms with Gasteiger partial charge in [-0.2, -0.15) is 0 Å². The minimum Gasteiger partial charge on any atom is -0.497 e. The lowest BCUT2D eigenvalue weighted by atomic mass is 10.3. The van der Waals surface area contributed by atoms with Crippen molar-refractivity contribution in [2.75, 3.05) is 26.6 Å². The van der Waals surface area contributed by atoms with Crippen LogP contribution in [0.25, 0.3) is 0 Å². The standard InChI is InChI=1S/C12H16ClNO4/c1-16-8-4-5-9(13)10(6-8)14-11(15)7-12(17-2)18-3/h4-6,12H,7H2,1-3H3,(H,14,15). The van der Waals surface area contributed by atoms with E-state index in [2.05, 4.69) is 5.32 Å². The van der Waals surface area contributed by atoms with Crippen molar-refractivity contribution in [3.05, 3.63) is 23.2 Å². The molecule has 0 bridgehead atoms. The number of halogens is 1. The van der Waals surface area contributed by atoms with Crippen LogP contribution in [0.15, 0.2) is 18.2 Å². The molecule has 100 valence electrons. The van der Waals surface area contributed by atoms with E-state index in [-0.39, 0.29) is 12.3 Å². The van der Waals surface area contributed by atoms with Gasteiger partial charge in [-0.15, -0.1) is 0 Å². The molecule has 0 aliphatic heterocycles. The van der Waals surface area contributed by atoms with E-state index in [1.165, 1.54) is 14.2 Å². The summed E-state index contributed by atoms with van der Waals surface area (Å²) in [6.45, 7) is 0. The van der Waals surface area contributed by atoms with Crippen LogP contribution in [0.3, 0.4) is 0 Å². The Hall–Kier alpha value is -1.30. The van der Waals surface area contributed by atoms with E-state index in [1.54, 1.807) is 25.3 Å². The molecule has 0 fully saturated rings. The van der Waals surface area contributed by atoms with E-state index in [0.29, 0.717) is 16.5 Å². The van der Waals surface area contributed by atoms with Crippen LogP contribution < -0.4 is 10.1 Å². The van der Waals surface area contributed by atoms with Gasteiger partial charge in [-0.05, 0) is 12.1 Å². The molecule has 1 rings (SSSR count). The summed E-state index contributed by atoms with van der Waals surface area (Å²) in [6, 6.07) is 5.01. The molecule has 0 radical (unpaired) electrons. The molecule has 1 amide bonds. The molecular formula is C12H16ClNO4. The second-order valence-corrected chi connectivity index (χ2v) is 3.91. The second-order valence-electron chi connectivity index (χ2n) is 3.50. The minimum atomic E-state index is -0.575. The van der Waals surface area contributed by atoms with Crippen LogP contribution in [0, 0.1) is 0 Å². The van der Waals surface area contributed by atoms with E-state index in [9.17, 15) is 4.79 Å². The lowest BCUT2D eigenvalue weighted by Crippen LogP contribution is -2.22. The summed E-state index contributed by atoms with van der Waals surface area (Å²) in [5.41, 5.74) is 0.493. The molecule has 6 heteroatoms. The Morgan fingerprint density at radius 1 is 1.33 bits per heavy atom. The normalized spacial score (nSPS) is 10.5. The molecule has 5 nitrogen and oxygen atoms in total. The highest BCUT2D eigenvalue weighted by molar-refractivity contribution is 6.33. The molecule has 18 heavy (non-hydrogen) atoms. The fourth-order valence-corrected chi connectivity index (χ4v) is 1.51. The van der Waals surface area contributed by atoms with Crippen LogP contribution >= 0.6 is 11.6 Å². The van der Waals surface area contributed by atoms with Crippen molar-refractivity contribution < 1.29 is 19.0 Å². The molecule has 0 unspecified atom stereocenters. The van der Waals surface area contributed by atoms with Crippen molar-refractivity contribution in [3.63, 3.8) is 0 Å². The average molecular weight is 274 g/mol. The Labute approximate surface area is 111 Å². The van der Waals surface area contributed by atoms with Gasteiger partial charge in [0.1, 0.15) is 5.75 Å². The summed E-state index contributed by atoms with van der Waals surface area (Å²) >= 11 is 5.97. The molecule has 0 aromatic heterocycles. The number of rotatable bonds is 6. The average Bonchev–Trinajstić information content (AvgIpc) is 2.38. The maximum atomic E-state index is 11.7. The Bertz CT molecular complexity index is 407. The van der Waals surface area contributed by atoms with E-state index in [1.807, 2.05) is 0 Å². The third kappa shape index (κ3) is 4.18. The second kappa shape index (κ2) is 7.20. The molecule has 1 N–H and O–H groups in total. The van der Waals surface area contributed by atoms with Crippen molar-refractivity contribution in [1.82, 2.24) is 0 Å². The number of benzene rings is 1. The lowest BCUT2D eigenvalue weighted by Gasteiger charge is -2.14. The maximum Gasteiger partial charge on any atom is 0.229 e. The first-order valence-electron chi connectivity index (χ1n) is 5.29. The SMILES string of the molecule is COc1ccc(Cl)c(NC(=O)CC(OC)OC)c1. The Morgan fingerprint density at radius 2 is 2.00 bits per heavy atom. The third-order valence-electron chi connectivity index (χ3n) is 2.33. The molecule has 0 atom stereocenters. The lowest BCUT2D eigenvalue weighted by molar-refractivity contribution is -0.134. The molecule has 0 spiro atoms. The summed E-state index contributed by atoms with van der Waals surface area (Å²) in [7, 11) is 4.49. The summed E-state index contributed by atoms with van der Waals surface area (Å²) in [4.78, 5) is 11.7. The summed E-state index contributed by atoms with van der Waals surface area (Å²) < 4.78 is 14.9. The highest BCUT2D eigenvalue weighted by Crippen LogP contribution is 2.26. The Balaban J connectivity index is 2.69. The van der Waals surface area contributed by atoms with E-state index in [0.717, 1.165) is 0 Å². The van der Waals surface area contributed by atoms with Gasteiger partial charge in [-0.1, -0.05) is 11.6 Å². The van der Waals surface area contributed by atoms with Crippen molar-refractivity contribution in [1.29, 1.82) is 0 Å². The van der Waals surface area contributed by atoms with Gasteiger partial charge >= 0.3 is 0 Å². The molecule has 0 saturated heterocycles. The highest BCUT2D eigenvalue weighted by atomic mass is 35.5. The van der Waals surface area contributed by atoms with Crippen molar-refractivity contribution in [2.24, 2.45) is 0 Å². The van der Waals surface area contributed by atoms with Gasteiger partial charge in [-0.25, -0.2) is 0 Å². The van der Waals surface area contributed by atoms with Crippen LogP contribution in [-0.2, 0) is 14.3 Å². The first-order valence-corrected chi connectivity index (χ1v) is 5.67. The highest BCUT2D eigenvalue weighted by Gasteiger charge is 2.13. The van der Waals surface area contributed by atoms with Gasteiger partial charge in [0.15, 0.2) is 6.29 Å². The maximum absolute atomic E-state index is 11.7. The van der Waals surface area contributed by atoms with Gasteiger partial charge in [0.05, 0.1) is 24.2 Å². The van der Waals surface area contributed by atoms with Gasteiger partial charge < -0.3 is 19.5 Å². The Kier molecular flexibility index (Phi) is 5.91. The van der Waals surface area contributed by atoms with Crippen LogP contribution in [0.4, 0.5) is 5.69 Å². The summed E-state index contributed by atoms with van der Waals surface area (Å²) in [5, 5.41) is 3.11. The minimum absolute atomic E-state index is 0.0839. The molecule has 1 aromatic rings. The predicted molar refractivity (Wildman–Crippen MR) is 69.1 cm³/mol. The number of amides is 1. The zero-order valence-electron chi connectivity index (χ0n) is 10.5. The summed E-state index contributed by atoms with van der Waals surface area (Å²) in [6.07, 6.45) is -0.491. The van der Waals surface area contributed by atoms with Crippen LogP contribution in [0.5, 0.6) is 5.75 Å². The largest absolute Gasteiger partial charge is 0.497 e. The number of carbonyl (C=O) groups excluding carboxylic acids is 1. The number of methoxy groups -OCH3 is 3. The molecule has 0 aliphatic carbocycles. The topological polar surface area (TPSA) is 56.8 Å². The van der Waals surface area contributed by atoms with Crippen molar-refractivity contribution in [2.45, 2.75) is 12.7 Å². The smallest absolute Gasteiger partial charge is 0.229 e. The van der Waals surface area contributed by atoms with E-state index >= 15 is 0 Å².